The van der Waals surface area contributed by atoms with Gasteiger partial charge in [0.2, 0.25) is 0 Å². The van der Waals surface area contributed by atoms with Crippen molar-refractivity contribution >= 4 is 17.7 Å². The van der Waals surface area contributed by atoms with E-state index in [1.54, 1.807) is 25.1 Å². The molecule has 8 heteroatoms. The standard InChI is InChI=1S/C18H22ClN3O4/c1-11(2)8-18(3,22-17(24)25)9-26-15-5-4-12(6-13(15)19)14-7-16(23)21-10-20-14/h4-7,10-11,22H,8-9H2,1-3H3,(H,24,25)(H,20,21,23). The van der Waals surface area contributed by atoms with E-state index in [2.05, 4.69) is 15.3 Å². The molecule has 3 N–H and O–H groups in total. The fourth-order valence-electron chi connectivity index (χ4n) is 2.85. The molecule has 1 atom stereocenters. The molecule has 0 saturated carbocycles. The molecule has 0 radical (unpaired) electrons. The molecule has 0 aliphatic heterocycles. The number of carboxylic acid groups (broad SMARTS) is 1. The van der Waals surface area contributed by atoms with Crippen LogP contribution in [-0.2, 0) is 0 Å². The van der Waals surface area contributed by atoms with Crippen LogP contribution in [0.5, 0.6) is 5.75 Å². The van der Waals surface area contributed by atoms with Crippen molar-refractivity contribution in [3.05, 3.63) is 46.0 Å². The van der Waals surface area contributed by atoms with Crippen molar-refractivity contribution < 1.29 is 14.6 Å². The average Bonchev–Trinajstić information content (AvgIpc) is 2.52. The first-order valence-electron chi connectivity index (χ1n) is 8.17. The van der Waals surface area contributed by atoms with Crippen molar-refractivity contribution in [2.24, 2.45) is 5.92 Å². The van der Waals surface area contributed by atoms with Gasteiger partial charge >= 0.3 is 6.09 Å². The highest BCUT2D eigenvalue weighted by Gasteiger charge is 2.28. The summed E-state index contributed by atoms with van der Waals surface area (Å²) < 4.78 is 5.77. The zero-order chi connectivity index (χ0) is 19.3. The van der Waals surface area contributed by atoms with Crippen LogP contribution in [0.3, 0.4) is 0 Å². The minimum atomic E-state index is -1.10. The lowest BCUT2D eigenvalue weighted by Crippen LogP contribution is -2.50. The number of amides is 1. The van der Waals surface area contributed by atoms with Crippen LogP contribution >= 0.6 is 11.6 Å². The topological polar surface area (TPSA) is 104 Å². The third-order valence-electron chi connectivity index (χ3n) is 3.72. The van der Waals surface area contributed by atoms with Crippen LogP contribution in [0.1, 0.15) is 27.2 Å². The third kappa shape index (κ3) is 5.49. The molecular formula is C18H22ClN3O4. The third-order valence-corrected chi connectivity index (χ3v) is 4.01. The van der Waals surface area contributed by atoms with Crippen LogP contribution in [-0.4, -0.2) is 33.3 Å². The Balaban J connectivity index is 2.16. The molecule has 1 aromatic heterocycles. The summed E-state index contributed by atoms with van der Waals surface area (Å²) >= 11 is 6.28. The first-order chi connectivity index (χ1) is 12.2. The van der Waals surface area contributed by atoms with Crippen molar-refractivity contribution in [2.45, 2.75) is 32.7 Å². The number of aromatic amines is 1. The number of aromatic nitrogens is 2. The zero-order valence-electron chi connectivity index (χ0n) is 14.9. The van der Waals surface area contributed by atoms with Crippen molar-refractivity contribution in [3.63, 3.8) is 0 Å². The Morgan fingerprint density at radius 2 is 2.15 bits per heavy atom. The number of carbonyl (C=O) groups is 1. The largest absolute Gasteiger partial charge is 0.490 e. The zero-order valence-corrected chi connectivity index (χ0v) is 15.6. The summed E-state index contributed by atoms with van der Waals surface area (Å²) in [5.41, 5.74) is 0.188. The monoisotopic (exact) mass is 379 g/mol. The SMILES string of the molecule is CC(C)CC(C)(COc1ccc(-c2cc(=O)[nH]cn2)cc1Cl)NC(=O)O. The summed E-state index contributed by atoms with van der Waals surface area (Å²) in [7, 11) is 0. The number of halogens is 1. The summed E-state index contributed by atoms with van der Waals surface area (Å²) in [5.74, 6) is 0.720. The number of H-pyrrole nitrogens is 1. The summed E-state index contributed by atoms with van der Waals surface area (Å²) in [6.07, 6.45) is 0.843. The Labute approximate surface area is 156 Å². The minimum Gasteiger partial charge on any atom is -0.490 e. The number of benzene rings is 1. The number of ether oxygens (including phenoxy) is 1. The van der Waals surface area contributed by atoms with Crippen LogP contribution in [0.15, 0.2) is 35.4 Å². The molecule has 0 aliphatic rings. The van der Waals surface area contributed by atoms with E-state index in [-0.39, 0.29) is 18.1 Å². The molecule has 1 unspecified atom stereocenters. The number of rotatable bonds is 7. The average molecular weight is 380 g/mol. The van der Waals surface area contributed by atoms with Gasteiger partial charge in [-0.3, -0.25) is 4.79 Å². The van der Waals surface area contributed by atoms with Gasteiger partial charge in [0, 0.05) is 11.6 Å². The number of nitrogens with zero attached hydrogens (tertiary/aromatic N) is 1. The summed E-state index contributed by atoms with van der Waals surface area (Å²) in [6, 6.07) is 6.45. The molecular weight excluding hydrogens is 358 g/mol. The van der Waals surface area contributed by atoms with Gasteiger partial charge in [0.1, 0.15) is 12.4 Å². The van der Waals surface area contributed by atoms with Crippen molar-refractivity contribution in [3.8, 4) is 17.0 Å². The molecule has 0 aliphatic carbocycles. The van der Waals surface area contributed by atoms with E-state index < -0.39 is 11.6 Å². The second kappa shape index (κ2) is 8.23. The fourth-order valence-corrected chi connectivity index (χ4v) is 3.08. The Bertz CT molecular complexity index is 837. The van der Waals surface area contributed by atoms with Gasteiger partial charge < -0.3 is 20.1 Å². The van der Waals surface area contributed by atoms with Gasteiger partial charge in [-0.05, 0) is 37.5 Å². The lowest BCUT2D eigenvalue weighted by Gasteiger charge is -2.31. The van der Waals surface area contributed by atoms with Crippen molar-refractivity contribution in [1.82, 2.24) is 15.3 Å². The maximum Gasteiger partial charge on any atom is 0.405 e. The van der Waals surface area contributed by atoms with Crippen LogP contribution in [0.2, 0.25) is 5.02 Å². The number of hydrogen-bond acceptors (Lipinski definition) is 4. The van der Waals surface area contributed by atoms with E-state index in [1.165, 1.54) is 12.4 Å². The highest BCUT2D eigenvalue weighted by molar-refractivity contribution is 6.32. The maximum atomic E-state index is 11.4. The Morgan fingerprint density at radius 1 is 1.42 bits per heavy atom. The smallest absolute Gasteiger partial charge is 0.405 e. The van der Waals surface area contributed by atoms with E-state index in [4.69, 9.17) is 21.4 Å². The highest BCUT2D eigenvalue weighted by Crippen LogP contribution is 2.30. The lowest BCUT2D eigenvalue weighted by molar-refractivity contribution is 0.143. The molecule has 0 spiro atoms. The quantitative estimate of drug-likeness (QED) is 0.682. The fraction of sp³-hybridized carbons (Fsp3) is 0.389. The van der Waals surface area contributed by atoms with E-state index in [9.17, 15) is 9.59 Å². The second-order valence-corrected chi connectivity index (χ2v) is 7.23. The molecule has 1 amide bonds. The van der Waals surface area contributed by atoms with Crippen LogP contribution in [0.4, 0.5) is 4.79 Å². The van der Waals surface area contributed by atoms with E-state index >= 15 is 0 Å². The number of hydrogen-bond donors (Lipinski definition) is 3. The molecule has 1 aromatic carbocycles. The first kappa shape index (κ1) is 19.8. The molecule has 2 rings (SSSR count). The second-order valence-electron chi connectivity index (χ2n) is 6.82. The molecule has 2 aromatic rings. The van der Waals surface area contributed by atoms with Crippen LogP contribution in [0.25, 0.3) is 11.3 Å². The molecule has 0 fully saturated rings. The Kier molecular flexibility index (Phi) is 6.26. The first-order valence-corrected chi connectivity index (χ1v) is 8.55. The van der Waals surface area contributed by atoms with Crippen LogP contribution < -0.4 is 15.6 Å². The summed E-state index contributed by atoms with van der Waals surface area (Å²) in [5, 5.41) is 11.9. The van der Waals surface area contributed by atoms with Gasteiger partial charge in [-0.2, -0.15) is 0 Å². The van der Waals surface area contributed by atoms with Gasteiger partial charge in [0.05, 0.1) is 22.6 Å². The van der Waals surface area contributed by atoms with Crippen molar-refractivity contribution in [2.75, 3.05) is 6.61 Å². The molecule has 0 bridgehead atoms. The van der Waals surface area contributed by atoms with Gasteiger partial charge in [-0.1, -0.05) is 25.4 Å². The maximum absolute atomic E-state index is 11.4. The number of nitrogens with one attached hydrogen (secondary N) is 2. The van der Waals surface area contributed by atoms with E-state index in [0.717, 1.165) is 0 Å². The molecule has 140 valence electrons. The Morgan fingerprint density at radius 3 is 2.73 bits per heavy atom. The van der Waals surface area contributed by atoms with E-state index in [0.29, 0.717) is 28.5 Å². The lowest BCUT2D eigenvalue weighted by atomic mass is 9.91. The van der Waals surface area contributed by atoms with Gasteiger partial charge in [-0.25, -0.2) is 9.78 Å². The molecule has 1 heterocycles. The van der Waals surface area contributed by atoms with E-state index in [1.807, 2.05) is 13.8 Å². The summed E-state index contributed by atoms with van der Waals surface area (Å²) in [4.78, 5) is 29.0. The van der Waals surface area contributed by atoms with Crippen LogP contribution in [0, 0.1) is 5.92 Å². The normalized spacial score (nSPS) is 13.3. The molecule has 0 saturated heterocycles. The predicted molar refractivity (Wildman–Crippen MR) is 99.8 cm³/mol. The van der Waals surface area contributed by atoms with Gasteiger partial charge in [0.15, 0.2) is 0 Å². The highest BCUT2D eigenvalue weighted by atomic mass is 35.5. The molecule has 7 nitrogen and oxygen atoms in total. The van der Waals surface area contributed by atoms with Gasteiger partial charge in [0.25, 0.3) is 5.56 Å². The van der Waals surface area contributed by atoms with Gasteiger partial charge in [-0.15, -0.1) is 0 Å². The predicted octanol–water partition coefficient (Wildman–Crippen LogP) is 3.54. The Hall–Kier alpha value is -2.54. The molecule has 26 heavy (non-hydrogen) atoms. The summed E-state index contributed by atoms with van der Waals surface area (Å²) in [6.45, 7) is 5.96. The van der Waals surface area contributed by atoms with Crippen molar-refractivity contribution in [1.29, 1.82) is 0 Å². The minimum absolute atomic E-state index is 0.139.